The number of nitrogens with zero attached hydrogens (tertiary/aromatic N) is 2. The smallest absolute Gasteiger partial charge is 1.00 e. The highest BCUT2D eigenvalue weighted by Crippen LogP contribution is 2.39. The number of amides is 1. The van der Waals surface area contributed by atoms with Crippen molar-refractivity contribution in [2.45, 2.75) is 38.3 Å². The van der Waals surface area contributed by atoms with Gasteiger partial charge in [0.1, 0.15) is 11.9 Å². The van der Waals surface area contributed by atoms with Crippen LogP contribution in [-0.2, 0) is 11.3 Å². The van der Waals surface area contributed by atoms with Crippen LogP contribution in [0.15, 0.2) is 78.9 Å². The summed E-state index contributed by atoms with van der Waals surface area (Å²) >= 11 is 6.14. The molecule has 1 amide bonds. The minimum atomic E-state index is -0.306. The molecule has 1 N–H and O–H groups in total. The van der Waals surface area contributed by atoms with E-state index in [1.807, 2.05) is 72.8 Å². The van der Waals surface area contributed by atoms with Crippen molar-refractivity contribution in [1.82, 2.24) is 14.9 Å². The highest BCUT2D eigenvalue weighted by Gasteiger charge is 2.35. The summed E-state index contributed by atoms with van der Waals surface area (Å²) in [7, 11) is 0. The highest BCUT2D eigenvalue weighted by molar-refractivity contribution is 6.30. The van der Waals surface area contributed by atoms with Gasteiger partial charge in [0.25, 0.3) is 0 Å². The fourth-order valence-corrected chi connectivity index (χ4v) is 4.96. The van der Waals surface area contributed by atoms with Crippen molar-refractivity contribution in [3.05, 3.63) is 89.4 Å². The SMILES string of the molecule is O=C(NCc1ccccc1)C(C1CCCC1)n1c(-c2ccc(Cl)cc2)nc2ccccc21.[Cl-].[H+]. The van der Waals surface area contributed by atoms with E-state index in [0.717, 1.165) is 53.7 Å². The highest BCUT2D eigenvalue weighted by atomic mass is 35.5. The quantitative estimate of drug-likeness (QED) is 0.459. The Hall–Kier alpha value is -2.82. The van der Waals surface area contributed by atoms with Crippen molar-refractivity contribution in [3.8, 4) is 11.4 Å². The molecule has 33 heavy (non-hydrogen) atoms. The lowest BCUT2D eigenvalue weighted by molar-refractivity contribution is -0.125. The molecule has 0 bridgehead atoms. The Kier molecular flexibility index (Phi) is 7.36. The van der Waals surface area contributed by atoms with Gasteiger partial charge in [-0.05, 0) is 60.7 Å². The molecule has 0 saturated heterocycles. The van der Waals surface area contributed by atoms with Gasteiger partial charge in [0.2, 0.25) is 5.91 Å². The number of carbonyl (C=O) groups excluding carboxylic acids is 1. The molecule has 4 aromatic rings. The summed E-state index contributed by atoms with van der Waals surface area (Å²) in [5.41, 5.74) is 3.95. The zero-order chi connectivity index (χ0) is 21.9. The molecule has 1 saturated carbocycles. The molecule has 170 valence electrons. The molecule has 5 rings (SSSR count). The minimum absolute atomic E-state index is 0. The molecule has 4 nitrogen and oxygen atoms in total. The van der Waals surface area contributed by atoms with Gasteiger partial charge in [-0.3, -0.25) is 4.79 Å². The molecular weight excluding hydrogens is 453 g/mol. The van der Waals surface area contributed by atoms with E-state index in [1.54, 1.807) is 0 Å². The summed E-state index contributed by atoms with van der Waals surface area (Å²) in [5.74, 6) is 1.16. The Bertz CT molecular complexity index is 1220. The summed E-state index contributed by atoms with van der Waals surface area (Å²) in [4.78, 5) is 18.6. The van der Waals surface area contributed by atoms with Crippen LogP contribution in [0, 0.1) is 5.92 Å². The summed E-state index contributed by atoms with van der Waals surface area (Å²) in [6.45, 7) is 0.520. The van der Waals surface area contributed by atoms with E-state index in [-0.39, 0.29) is 31.7 Å². The number of nitrogens with one attached hydrogen (secondary N) is 1. The number of imidazole rings is 1. The van der Waals surface area contributed by atoms with Crippen LogP contribution in [0.1, 0.15) is 38.7 Å². The van der Waals surface area contributed by atoms with Gasteiger partial charge in [0.05, 0.1) is 11.0 Å². The second kappa shape index (κ2) is 10.4. The van der Waals surface area contributed by atoms with Crippen LogP contribution in [0.3, 0.4) is 0 Å². The number of hydrogen-bond acceptors (Lipinski definition) is 2. The van der Waals surface area contributed by atoms with Gasteiger partial charge in [-0.1, -0.05) is 66.9 Å². The van der Waals surface area contributed by atoms with Crippen molar-refractivity contribution in [2.24, 2.45) is 5.92 Å². The van der Waals surface area contributed by atoms with Gasteiger partial charge in [0.15, 0.2) is 0 Å². The molecule has 1 fully saturated rings. The molecule has 0 aliphatic heterocycles. The standard InChI is InChI=1S/C27H26ClN3O.ClH/c28-22-16-14-21(15-17-22)26-30-23-12-6-7-13-24(23)31(26)25(20-10-4-5-11-20)27(32)29-18-19-8-2-1-3-9-19;/h1-3,6-9,12-17,20,25H,4-5,10-11,18H2,(H,29,32);1H. The maximum Gasteiger partial charge on any atom is 1.00 e. The van der Waals surface area contributed by atoms with E-state index in [0.29, 0.717) is 11.6 Å². The van der Waals surface area contributed by atoms with Crippen LogP contribution in [0.5, 0.6) is 0 Å². The van der Waals surface area contributed by atoms with Gasteiger partial charge >= 0.3 is 1.43 Å². The van der Waals surface area contributed by atoms with Crippen LogP contribution < -0.4 is 17.7 Å². The Morgan fingerprint density at radius 3 is 2.39 bits per heavy atom. The predicted octanol–water partition coefficient (Wildman–Crippen LogP) is 3.52. The second-order valence-electron chi connectivity index (χ2n) is 8.49. The average molecular weight is 480 g/mol. The van der Waals surface area contributed by atoms with E-state index < -0.39 is 0 Å². The lowest BCUT2D eigenvalue weighted by atomic mass is 9.96. The van der Waals surface area contributed by atoms with Crippen LogP contribution in [0.2, 0.25) is 5.02 Å². The summed E-state index contributed by atoms with van der Waals surface area (Å²) < 4.78 is 2.16. The molecule has 1 unspecified atom stereocenters. The van der Waals surface area contributed by atoms with E-state index in [2.05, 4.69) is 16.0 Å². The van der Waals surface area contributed by atoms with Crippen LogP contribution in [0.25, 0.3) is 22.4 Å². The molecule has 1 atom stereocenters. The number of rotatable bonds is 6. The zero-order valence-electron chi connectivity index (χ0n) is 19.3. The average Bonchev–Trinajstić information content (AvgIpc) is 3.48. The van der Waals surface area contributed by atoms with E-state index in [9.17, 15) is 4.79 Å². The van der Waals surface area contributed by atoms with Crippen molar-refractivity contribution in [2.75, 3.05) is 0 Å². The lowest BCUT2D eigenvalue weighted by Gasteiger charge is -2.26. The fraction of sp³-hybridized carbons (Fsp3) is 0.259. The summed E-state index contributed by atoms with van der Waals surface area (Å²) in [5, 5.41) is 3.89. The van der Waals surface area contributed by atoms with E-state index >= 15 is 0 Å². The molecule has 1 aromatic heterocycles. The normalized spacial score (nSPS) is 14.7. The van der Waals surface area contributed by atoms with E-state index in [1.165, 1.54) is 0 Å². The van der Waals surface area contributed by atoms with Crippen molar-refractivity contribution < 1.29 is 18.6 Å². The van der Waals surface area contributed by atoms with Crippen LogP contribution >= 0.6 is 11.6 Å². The molecule has 3 aromatic carbocycles. The Morgan fingerprint density at radius 2 is 1.67 bits per heavy atom. The van der Waals surface area contributed by atoms with Gasteiger partial charge < -0.3 is 22.3 Å². The van der Waals surface area contributed by atoms with Gasteiger partial charge in [-0.25, -0.2) is 4.98 Å². The maximum atomic E-state index is 13.7. The van der Waals surface area contributed by atoms with Gasteiger partial charge in [-0.2, -0.15) is 0 Å². The molecule has 0 spiro atoms. The van der Waals surface area contributed by atoms with Crippen molar-refractivity contribution in [1.29, 1.82) is 0 Å². The molecule has 0 radical (unpaired) electrons. The maximum absolute atomic E-state index is 13.7. The number of aromatic nitrogens is 2. The summed E-state index contributed by atoms with van der Waals surface area (Å²) in [6.07, 6.45) is 4.43. The number of benzene rings is 3. The second-order valence-corrected chi connectivity index (χ2v) is 8.93. The number of halogens is 2. The first-order valence-electron chi connectivity index (χ1n) is 11.3. The Balaban J connectivity index is 0.00000162. The predicted molar refractivity (Wildman–Crippen MR) is 131 cm³/mol. The van der Waals surface area contributed by atoms with E-state index in [4.69, 9.17) is 16.6 Å². The minimum Gasteiger partial charge on any atom is -1.00 e. The molecule has 1 aliphatic carbocycles. The van der Waals surface area contributed by atoms with Gasteiger partial charge in [-0.15, -0.1) is 0 Å². The topological polar surface area (TPSA) is 46.9 Å². The number of carbonyl (C=O) groups is 1. The molecule has 1 heterocycles. The number of hydrogen-bond donors (Lipinski definition) is 1. The first kappa shape index (κ1) is 23.3. The van der Waals surface area contributed by atoms with Gasteiger partial charge in [0, 0.05) is 17.1 Å². The monoisotopic (exact) mass is 479 g/mol. The lowest BCUT2D eigenvalue weighted by Crippen LogP contribution is -3.00. The Morgan fingerprint density at radius 1 is 1.00 bits per heavy atom. The van der Waals surface area contributed by atoms with Crippen LogP contribution in [0.4, 0.5) is 0 Å². The Labute approximate surface area is 206 Å². The molecular formula is C27H27Cl2N3O. The first-order chi connectivity index (χ1) is 15.7. The number of para-hydroxylation sites is 2. The molecule has 1 aliphatic rings. The third-order valence-electron chi connectivity index (χ3n) is 6.40. The van der Waals surface area contributed by atoms with Crippen LogP contribution in [-0.4, -0.2) is 15.5 Å². The molecule has 6 heteroatoms. The summed E-state index contributed by atoms with van der Waals surface area (Å²) in [6, 6.07) is 25.5. The van der Waals surface area contributed by atoms with Crippen molar-refractivity contribution in [3.63, 3.8) is 0 Å². The largest absolute Gasteiger partial charge is 1.00 e. The van der Waals surface area contributed by atoms with Crippen molar-refractivity contribution >= 4 is 28.5 Å². The third-order valence-corrected chi connectivity index (χ3v) is 6.65. The first-order valence-corrected chi connectivity index (χ1v) is 11.6. The number of fused-ring (bicyclic) bond motifs is 1. The fourth-order valence-electron chi connectivity index (χ4n) is 4.83. The third kappa shape index (κ3) is 4.92. The zero-order valence-corrected chi connectivity index (χ0v) is 19.8.